The molecule has 1 amide bonds. The SMILES string of the molecule is C=CCOc1ccccc1/C=C1/SC(=S)N(c2cccc3ccccc23)C1=O. The van der Waals surface area contributed by atoms with Crippen LogP contribution in [0.1, 0.15) is 5.56 Å². The summed E-state index contributed by atoms with van der Waals surface area (Å²) in [4.78, 5) is 15.4. The molecule has 1 aliphatic heterocycles. The van der Waals surface area contributed by atoms with Crippen LogP contribution in [0, 0.1) is 0 Å². The molecule has 28 heavy (non-hydrogen) atoms. The van der Waals surface area contributed by atoms with Gasteiger partial charge in [-0.1, -0.05) is 91.2 Å². The number of carbonyl (C=O) groups is 1. The van der Waals surface area contributed by atoms with E-state index in [0.717, 1.165) is 22.0 Å². The molecule has 0 spiro atoms. The molecule has 1 fully saturated rings. The average Bonchev–Trinajstić information content (AvgIpc) is 3.00. The molecule has 4 rings (SSSR count). The number of carbonyl (C=O) groups excluding carboxylic acids is 1. The van der Waals surface area contributed by atoms with Gasteiger partial charge in [-0.3, -0.25) is 9.69 Å². The van der Waals surface area contributed by atoms with Crippen LogP contribution in [0.5, 0.6) is 5.75 Å². The Morgan fingerprint density at radius 3 is 2.64 bits per heavy atom. The van der Waals surface area contributed by atoms with Crippen molar-refractivity contribution >= 4 is 56.7 Å². The Kier molecular flexibility index (Phi) is 5.28. The first-order valence-corrected chi connectivity index (χ1v) is 10.00. The summed E-state index contributed by atoms with van der Waals surface area (Å²) in [6.07, 6.45) is 3.53. The molecule has 0 unspecified atom stereocenters. The maximum atomic E-state index is 13.2. The second kappa shape index (κ2) is 8.00. The van der Waals surface area contributed by atoms with Gasteiger partial charge in [0.1, 0.15) is 12.4 Å². The number of anilines is 1. The molecule has 0 saturated carbocycles. The third-order valence-electron chi connectivity index (χ3n) is 4.36. The number of fused-ring (bicyclic) bond motifs is 1. The standard InChI is InChI=1S/C23H17NO2S2/c1-2-14-26-20-13-6-4-9-17(20)15-21-22(25)24(23(27)28-21)19-12-7-10-16-8-3-5-11-18(16)19/h2-13,15H,1,14H2/b21-15+. The molecule has 138 valence electrons. The van der Waals surface area contributed by atoms with Crippen molar-refractivity contribution in [3.8, 4) is 5.75 Å². The summed E-state index contributed by atoms with van der Waals surface area (Å²) < 4.78 is 6.22. The van der Waals surface area contributed by atoms with E-state index in [1.807, 2.05) is 72.8 Å². The third kappa shape index (κ3) is 3.46. The molecular weight excluding hydrogens is 386 g/mol. The van der Waals surface area contributed by atoms with E-state index in [-0.39, 0.29) is 5.91 Å². The average molecular weight is 404 g/mol. The molecule has 0 aromatic heterocycles. The van der Waals surface area contributed by atoms with E-state index < -0.39 is 0 Å². The Hall–Kier alpha value is -2.89. The normalized spacial score (nSPS) is 15.4. The first-order chi connectivity index (χ1) is 13.7. The van der Waals surface area contributed by atoms with Crippen molar-refractivity contribution in [3.05, 3.63) is 89.9 Å². The van der Waals surface area contributed by atoms with Crippen molar-refractivity contribution in [2.75, 3.05) is 11.5 Å². The highest BCUT2D eigenvalue weighted by Crippen LogP contribution is 2.39. The summed E-state index contributed by atoms with van der Waals surface area (Å²) in [5.41, 5.74) is 1.64. The van der Waals surface area contributed by atoms with Gasteiger partial charge in [-0.2, -0.15) is 0 Å². The number of para-hydroxylation sites is 1. The minimum atomic E-state index is -0.120. The van der Waals surface area contributed by atoms with Crippen LogP contribution >= 0.6 is 24.0 Å². The van der Waals surface area contributed by atoms with Crippen LogP contribution in [0.4, 0.5) is 5.69 Å². The molecule has 3 aromatic carbocycles. The maximum Gasteiger partial charge on any atom is 0.270 e. The zero-order chi connectivity index (χ0) is 19.5. The van der Waals surface area contributed by atoms with E-state index in [9.17, 15) is 4.79 Å². The zero-order valence-electron chi connectivity index (χ0n) is 15.0. The van der Waals surface area contributed by atoms with Gasteiger partial charge >= 0.3 is 0 Å². The summed E-state index contributed by atoms with van der Waals surface area (Å²) in [6.45, 7) is 4.08. The number of amides is 1. The zero-order valence-corrected chi connectivity index (χ0v) is 16.6. The first-order valence-electron chi connectivity index (χ1n) is 8.77. The Morgan fingerprint density at radius 1 is 1.04 bits per heavy atom. The summed E-state index contributed by atoms with van der Waals surface area (Å²) in [6, 6.07) is 21.5. The van der Waals surface area contributed by atoms with Crippen molar-refractivity contribution in [2.24, 2.45) is 0 Å². The highest BCUT2D eigenvalue weighted by atomic mass is 32.2. The fraction of sp³-hybridized carbons (Fsp3) is 0.0435. The van der Waals surface area contributed by atoms with Gasteiger partial charge in [-0.05, 0) is 23.6 Å². The highest BCUT2D eigenvalue weighted by Gasteiger charge is 2.34. The van der Waals surface area contributed by atoms with Crippen molar-refractivity contribution in [1.29, 1.82) is 0 Å². The fourth-order valence-electron chi connectivity index (χ4n) is 3.10. The van der Waals surface area contributed by atoms with E-state index in [2.05, 4.69) is 6.58 Å². The van der Waals surface area contributed by atoms with E-state index >= 15 is 0 Å². The number of thioether (sulfide) groups is 1. The molecule has 0 bridgehead atoms. The van der Waals surface area contributed by atoms with E-state index in [1.165, 1.54) is 11.8 Å². The van der Waals surface area contributed by atoms with Crippen LogP contribution < -0.4 is 9.64 Å². The molecule has 0 radical (unpaired) electrons. The van der Waals surface area contributed by atoms with Gasteiger partial charge in [-0.15, -0.1) is 0 Å². The molecule has 3 nitrogen and oxygen atoms in total. The van der Waals surface area contributed by atoms with Crippen LogP contribution in [-0.2, 0) is 4.79 Å². The lowest BCUT2D eigenvalue weighted by Gasteiger charge is -2.17. The summed E-state index contributed by atoms with van der Waals surface area (Å²) in [5, 5.41) is 2.07. The van der Waals surface area contributed by atoms with Gasteiger partial charge in [-0.25, -0.2) is 0 Å². The first kappa shape index (κ1) is 18.5. The van der Waals surface area contributed by atoms with Gasteiger partial charge in [0, 0.05) is 10.9 Å². The molecule has 1 aliphatic rings. The number of hydrogen-bond donors (Lipinski definition) is 0. The van der Waals surface area contributed by atoms with Gasteiger partial charge < -0.3 is 4.74 Å². The van der Waals surface area contributed by atoms with Crippen LogP contribution in [-0.4, -0.2) is 16.8 Å². The molecule has 1 saturated heterocycles. The number of rotatable bonds is 5. The van der Waals surface area contributed by atoms with Crippen molar-refractivity contribution in [1.82, 2.24) is 0 Å². The van der Waals surface area contributed by atoms with Gasteiger partial charge in [0.25, 0.3) is 5.91 Å². The third-order valence-corrected chi connectivity index (χ3v) is 5.67. The van der Waals surface area contributed by atoms with Crippen LogP contribution in [0.3, 0.4) is 0 Å². The quantitative estimate of drug-likeness (QED) is 0.305. The molecule has 1 heterocycles. The van der Waals surface area contributed by atoms with Crippen LogP contribution in [0.25, 0.3) is 16.8 Å². The monoisotopic (exact) mass is 403 g/mol. The maximum absolute atomic E-state index is 13.2. The fourth-order valence-corrected chi connectivity index (χ4v) is 4.38. The molecule has 0 atom stereocenters. The van der Waals surface area contributed by atoms with E-state index in [1.54, 1.807) is 11.0 Å². The largest absolute Gasteiger partial charge is 0.489 e. The number of benzene rings is 3. The smallest absolute Gasteiger partial charge is 0.270 e. The minimum Gasteiger partial charge on any atom is -0.489 e. The van der Waals surface area contributed by atoms with Crippen LogP contribution in [0.15, 0.2) is 84.3 Å². The predicted molar refractivity (Wildman–Crippen MR) is 122 cm³/mol. The molecule has 5 heteroatoms. The topological polar surface area (TPSA) is 29.5 Å². The number of nitrogens with zero attached hydrogens (tertiary/aromatic N) is 1. The van der Waals surface area contributed by atoms with E-state index in [0.29, 0.717) is 21.6 Å². The molecular formula is C23H17NO2S2. The van der Waals surface area contributed by atoms with Gasteiger partial charge in [0.2, 0.25) is 0 Å². The highest BCUT2D eigenvalue weighted by molar-refractivity contribution is 8.27. The molecule has 0 aliphatic carbocycles. The Balaban J connectivity index is 1.72. The van der Waals surface area contributed by atoms with Gasteiger partial charge in [0.15, 0.2) is 4.32 Å². The summed E-state index contributed by atoms with van der Waals surface area (Å²) in [5.74, 6) is 0.586. The van der Waals surface area contributed by atoms with Gasteiger partial charge in [0.05, 0.1) is 10.6 Å². The molecule has 0 N–H and O–H groups in total. The van der Waals surface area contributed by atoms with E-state index in [4.69, 9.17) is 17.0 Å². The summed E-state index contributed by atoms with van der Waals surface area (Å²) in [7, 11) is 0. The second-order valence-corrected chi connectivity index (χ2v) is 7.83. The van der Waals surface area contributed by atoms with Crippen molar-refractivity contribution in [2.45, 2.75) is 0 Å². The lowest BCUT2D eigenvalue weighted by Crippen LogP contribution is -2.27. The Labute approximate surface area is 173 Å². The van der Waals surface area contributed by atoms with Crippen molar-refractivity contribution in [3.63, 3.8) is 0 Å². The lowest BCUT2D eigenvalue weighted by atomic mass is 10.1. The van der Waals surface area contributed by atoms with Crippen molar-refractivity contribution < 1.29 is 9.53 Å². The lowest BCUT2D eigenvalue weighted by molar-refractivity contribution is -0.113. The number of ether oxygens (including phenoxy) is 1. The molecule has 3 aromatic rings. The number of hydrogen-bond acceptors (Lipinski definition) is 4. The number of thiocarbonyl (C=S) groups is 1. The predicted octanol–water partition coefficient (Wildman–Crippen LogP) is 5.81. The van der Waals surface area contributed by atoms with Crippen LogP contribution in [0.2, 0.25) is 0 Å². The Bertz CT molecular complexity index is 1120. The summed E-state index contributed by atoms with van der Waals surface area (Å²) >= 11 is 6.85. The second-order valence-electron chi connectivity index (χ2n) is 6.15. The minimum absolute atomic E-state index is 0.120. The Morgan fingerprint density at radius 2 is 1.79 bits per heavy atom.